The largest absolute Gasteiger partial charge is 0.381 e. The summed E-state index contributed by atoms with van der Waals surface area (Å²) in [7, 11) is 0. The van der Waals surface area contributed by atoms with E-state index in [0.29, 0.717) is 25.6 Å². The van der Waals surface area contributed by atoms with E-state index >= 15 is 0 Å². The Kier molecular flexibility index (Phi) is 7.59. The molecule has 1 amide bonds. The van der Waals surface area contributed by atoms with Crippen LogP contribution in [0.4, 0.5) is 0 Å². The van der Waals surface area contributed by atoms with E-state index in [4.69, 9.17) is 4.74 Å². The molecule has 1 heterocycles. The van der Waals surface area contributed by atoms with Crippen LogP contribution in [0.2, 0.25) is 0 Å². The summed E-state index contributed by atoms with van der Waals surface area (Å²) in [6.07, 6.45) is 2.88. The van der Waals surface area contributed by atoms with Gasteiger partial charge in [-0.05, 0) is 30.7 Å². The van der Waals surface area contributed by atoms with Crippen molar-refractivity contribution in [1.29, 1.82) is 0 Å². The summed E-state index contributed by atoms with van der Waals surface area (Å²) in [5.74, 6) is 2.30. The quantitative estimate of drug-likeness (QED) is 0.670. The number of aromatic nitrogens is 2. The molecule has 0 saturated carbocycles. The number of ether oxygens (including phenoxy) is 1. The van der Waals surface area contributed by atoms with Crippen molar-refractivity contribution < 1.29 is 9.53 Å². The van der Waals surface area contributed by atoms with Gasteiger partial charge in [0, 0.05) is 19.8 Å². The Balaban J connectivity index is 1.87. The maximum Gasteiger partial charge on any atom is 0.240 e. The Hall–Kier alpha value is -1.53. The average molecular weight is 350 g/mol. The van der Waals surface area contributed by atoms with E-state index in [-0.39, 0.29) is 5.91 Å². The first kappa shape index (κ1) is 18.8. The van der Waals surface area contributed by atoms with Gasteiger partial charge in [-0.2, -0.15) is 11.8 Å². The standard InChI is InChI=1S/C18H27N3O2S/c1-14(2)12-23-10-6-9-19-18(22)11-21-16-8-5-4-7-15(16)20-17(21)13-24-3/h4-5,7-8,14H,6,9-13H2,1-3H3,(H,19,22). The van der Waals surface area contributed by atoms with Gasteiger partial charge in [0.2, 0.25) is 5.91 Å². The molecule has 5 nitrogen and oxygen atoms in total. The maximum absolute atomic E-state index is 12.2. The van der Waals surface area contributed by atoms with E-state index in [9.17, 15) is 4.79 Å². The Bertz CT molecular complexity index is 655. The van der Waals surface area contributed by atoms with Crippen LogP contribution in [0.25, 0.3) is 11.0 Å². The summed E-state index contributed by atoms with van der Waals surface area (Å²) in [6.45, 7) is 6.66. The van der Waals surface area contributed by atoms with Crippen LogP contribution in [-0.2, 0) is 21.8 Å². The first-order valence-electron chi connectivity index (χ1n) is 8.39. The molecule has 1 aromatic heterocycles. The van der Waals surface area contributed by atoms with Crippen molar-refractivity contribution in [2.75, 3.05) is 26.0 Å². The summed E-state index contributed by atoms with van der Waals surface area (Å²) in [6, 6.07) is 7.95. The van der Waals surface area contributed by atoms with Crippen molar-refractivity contribution >= 4 is 28.7 Å². The number of hydrogen-bond donors (Lipinski definition) is 1. The van der Waals surface area contributed by atoms with Crippen LogP contribution in [0, 0.1) is 5.92 Å². The minimum atomic E-state index is 0.0179. The number of benzene rings is 1. The Morgan fingerprint density at radius 1 is 1.38 bits per heavy atom. The van der Waals surface area contributed by atoms with Gasteiger partial charge in [-0.1, -0.05) is 26.0 Å². The van der Waals surface area contributed by atoms with Crippen LogP contribution < -0.4 is 5.32 Å². The second-order valence-corrected chi connectivity index (χ2v) is 7.07. The Labute approximate surface area is 148 Å². The van der Waals surface area contributed by atoms with Crippen LogP contribution in [-0.4, -0.2) is 41.5 Å². The van der Waals surface area contributed by atoms with Gasteiger partial charge in [-0.15, -0.1) is 0 Å². The smallest absolute Gasteiger partial charge is 0.240 e. The number of hydrogen-bond acceptors (Lipinski definition) is 4. The molecule has 2 aromatic rings. The van der Waals surface area contributed by atoms with Crippen LogP contribution in [0.1, 0.15) is 26.1 Å². The number of nitrogens with zero attached hydrogens (tertiary/aromatic N) is 2. The molecule has 0 aliphatic heterocycles. The summed E-state index contributed by atoms with van der Waals surface area (Å²) in [5, 5.41) is 2.97. The van der Waals surface area contributed by atoms with Gasteiger partial charge in [0.1, 0.15) is 12.4 Å². The van der Waals surface area contributed by atoms with E-state index in [1.165, 1.54) is 0 Å². The fourth-order valence-corrected chi connectivity index (χ4v) is 2.94. The van der Waals surface area contributed by atoms with Crippen molar-refractivity contribution in [2.24, 2.45) is 5.92 Å². The molecule has 0 fully saturated rings. The fourth-order valence-electron chi connectivity index (χ4n) is 2.46. The summed E-state index contributed by atoms with van der Waals surface area (Å²) < 4.78 is 7.53. The van der Waals surface area contributed by atoms with Gasteiger partial charge in [0.05, 0.1) is 16.8 Å². The molecular weight excluding hydrogens is 322 g/mol. The fraction of sp³-hybridized carbons (Fsp3) is 0.556. The predicted molar refractivity (Wildman–Crippen MR) is 100 cm³/mol. The molecule has 2 rings (SSSR count). The van der Waals surface area contributed by atoms with Gasteiger partial charge in [0.25, 0.3) is 0 Å². The lowest BCUT2D eigenvalue weighted by Crippen LogP contribution is -2.29. The molecule has 0 atom stereocenters. The van der Waals surface area contributed by atoms with Crippen molar-refractivity contribution in [3.05, 3.63) is 30.1 Å². The molecular formula is C18H27N3O2S. The highest BCUT2D eigenvalue weighted by atomic mass is 32.2. The van der Waals surface area contributed by atoms with E-state index in [2.05, 4.69) is 24.1 Å². The third-order valence-corrected chi connectivity index (χ3v) is 4.09. The molecule has 0 radical (unpaired) electrons. The lowest BCUT2D eigenvalue weighted by atomic mass is 10.2. The third kappa shape index (κ3) is 5.53. The number of amides is 1. The number of para-hydroxylation sites is 2. The minimum absolute atomic E-state index is 0.0179. The highest BCUT2D eigenvalue weighted by Gasteiger charge is 2.12. The topological polar surface area (TPSA) is 56.2 Å². The molecule has 1 N–H and O–H groups in total. The van der Waals surface area contributed by atoms with Crippen molar-refractivity contribution in [3.8, 4) is 0 Å². The van der Waals surface area contributed by atoms with E-state index in [1.807, 2.05) is 35.1 Å². The van der Waals surface area contributed by atoms with Crippen molar-refractivity contribution in [3.63, 3.8) is 0 Å². The zero-order valence-electron chi connectivity index (χ0n) is 14.7. The number of carbonyl (C=O) groups excluding carboxylic acids is 1. The van der Waals surface area contributed by atoms with Crippen LogP contribution in [0.15, 0.2) is 24.3 Å². The average Bonchev–Trinajstić information content (AvgIpc) is 2.89. The van der Waals surface area contributed by atoms with Gasteiger partial charge in [-0.25, -0.2) is 4.98 Å². The molecule has 24 heavy (non-hydrogen) atoms. The second-order valence-electron chi connectivity index (χ2n) is 6.21. The first-order chi connectivity index (χ1) is 11.6. The lowest BCUT2D eigenvalue weighted by molar-refractivity contribution is -0.121. The van der Waals surface area contributed by atoms with E-state index < -0.39 is 0 Å². The molecule has 1 aromatic carbocycles. The molecule has 0 aliphatic carbocycles. The molecule has 0 saturated heterocycles. The summed E-state index contributed by atoms with van der Waals surface area (Å²) in [4.78, 5) is 16.9. The number of carbonyl (C=O) groups is 1. The third-order valence-electron chi connectivity index (χ3n) is 3.55. The maximum atomic E-state index is 12.2. The van der Waals surface area contributed by atoms with Crippen molar-refractivity contribution in [1.82, 2.24) is 14.9 Å². The van der Waals surface area contributed by atoms with Gasteiger partial charge in [-0.3, -0.25) is 4.79 Å². The molecule has 0 aliphatic rings. The molecule has 132 valence electrons. The zero-order valence-corrected chi connectivity index (χ0v) is 15.6. The van der Waals surface area contributed by atoms with Crippen molar-refractivity contribution in [2.45, 2.75) is 32.6 Å². The van der Waals surface area contributed by atoms with E-state index in [0.717, 1.165) is 35.6 Å². The minimum Gasteiger partial charge on any atom is -0.381 e. The van der Waals surface area contributed by atoms with Gasteiger partial charge >= 0.3 is 0 Å². The Morgan fingerprint density at radius 2 is 2.17 bits per heavy atom. The first-order valence-corrected chi connectivity index (χ1v) is 9.78. The molecule has 0 unspecified atom stereocenters. The highest BCUT2D eigenvalue weighted by Crippen LogP contribution is 2.18. The lowest BCUT2D eigenvalue weighted by Gasteiger charge is -2.10. The van der Waals surface area contributed by atoms with Crippen LogP contribution in [0.3, 0.4) is 0 Å². The van der Waals surface area contributed by atoms with Gasteiger partial charge < -0.3 is 14.6 Å². The normalized spacial score (nSPS) is 11.3. The highest BCUT2D eigenvalue weighted by molar-refractivity contribution is 7.97. The number of thioether (sulfide) groups is 1. The number of rotatable bonds is 10. The molecule has 0 spiro atoms. The predicted octanol–water partition coefficient (Wildman–Crippen LogP) is 3.08. The number of nitrogens with one attached hydrogen (secondary N) is 1. The summed E-state index contributed by atoms with van der Waals surface area (Å²) in [5.41, 5.74) is 1.95. The number of imidazole rings is 1. The SMILES string of the molecule is CSCc1nc2ccccc2n1CC(=O)NCCCOCC(C)C. The summed E-state index contributed by atoms with van der Waals surface area (Å²) >= 11 is 1.71. The second kappa shape index (κ2) is 9.69. The van der Waals surface area contributed by atoms with E-state index in [1.54, 1.807) is 11.8 Å². The van der Waals surface area contributed by atoms with Crippen LogP contribution in [0.5, 0.6) is 0 Å². The van der Waals surface area contributed by atoms with Crippen LogP contribution >= 0.6 is 11.8 Å². The van der Waals surface area contributed by atoms with Gasteiger partial charge in [0.15, 0.2) is 0 Å². The number of fused-ring (bicyclic) bond motifs is 1. The Morgan fingerprint density at radius 3 is 2.92 bits per heavy atom. The molecule has 0 bridgehead atoms. The zero-order chi connectivity index (χ0) is 17.4. The monoisotopic (exact) mass is 349 g/mol. The molecule has 6 heteroatoms.